The Bertz CT molecular complexity index is 1070. The van der Waals surface area contributed by atoms with Crippen LogP contribution in [0.25, 0.3) is 0 Å². The van der Waals surface area contributed by atoms with Gasteiger partial charge in [0.05, 0.1) is 13.5 Å². The monoisotopic (exact) mass is 625 g/mol. The van der Waals surface area contributed by atoms with Crippen LogP contribution in [0, 0.1) is 0 Å². The number of unbranched alkanes of at least 4 members (excludes halogenated alkanes) is 9. The minimum atomic E-state index is -0.127. The van der Waals surface area contributed by atoms with Crippen molar-refractivity contribution < 1.29 is 24.2 Å². The van der Waals surface area contributed by atoms with Crippen LogP contribution in [0.15, 0.2) is 60.7 Å². The summed E-state index contributed by atoms with van der Waals surface area (Å²) < 4.78 is 11.0. The number of aromatic hydroxyl groups is 1. The maximum Gasteiger partial charge on any atom is 0.310 e. The Labute approximate surface area is 270 Å². The second-order valence-electron chi connectivity index (χ2n) is 11.4. The summed E-state index contributed by atoms with van der Waals surface area (Å²) in [5.74, 6) is 2.37. The molecule has 0 heterocycles. The Balaban J connectivity index is 1.46. The summed E-state index contributed by atoms with van der Waals surface area (Å²) in [7, 11) is 1.51. The Morgan fingerprint density at radius 3 is 2.41 bits per heavy atom. The predicted molar refractivity (Wildman–Crippen MR) is 183 cm³/mol. The minimum absolute atomic E-state index is 0.0262. The zero-order valence-electron chi connectivity index (χ0n) is 27.1. The molecule has 0 fully saturated rings. The lowest BCUT2D eigenvalue weighted by molar-refractivity contribution is -0.148. The number of ether oxygens (including phenoxy) is 2. The third-order valence-electron chi connectivity index (χ3n) is 7.55. The Morgan fingerprint density at radius 2 is 1.64 bits per heavy atom. The van der Waals surface area contributed by atoms with E-state index in [1.807, 2.05) is 42.1 Å². The largest absolute Gasteiger partial charge is 0.504 e. The first-order chi connectivity index (χ1) is 21.5. The molecular formula is C37H55NO5S. The SMILES string of the molecule is CCCCCC[C@H](C/C=C\CCCCCCCCSCCC(=O)NCc1ccc(O)c(OC)c1)OC(=O)Cc1ccccc1. The van der Waals surface area contributed by atoms with Gasteiger partial charge in [-0.2, -0.15) is 11.8 Å². The summed E-state index contributed by atoms with van der Waals surface area (Å²) in [5.41, 5.74) is 1.90. The van der Waals surface area contributed by atoms with Gasteiger partial charge in [0.15, 0.2) is 11.5 Å². The number of benzene rings is 2. The molecule has 0 saturated carbocycles. The lowest BCUT2D eigenvalue weighted by Gasteiger charge is -2.16. The summed E-state index contributed by atoms with van der Waals surface area (Å²) in [6.45, 7) is 2.65. The number of allylic oxidation sites excluding steroid dienone is 1. The molecule has 0 unspecified atom stereocenters. The molecule has 2 N–H and O–H groups in total. The number of hydrogen-bond acceptors (Lipinski definition) is 6. The molecule has 1 amide bonds. The summed E-state index contributed by atoms with van der Waals surface area (Å²) in [6, 6.07) is 14.9. The van der Waals surface area contributed by atoms with Crippen LogP contribution in [-0.4, -0.2) is 41.7 Å². The smallest absolute Gasteiger partial charge is 0.310 e. The number of methoxy groups -OCH3 is 1. The minimum Gasteiger partial charge on any atom is -0.504 e. The zero-order valence-corrected chi connectivity index (χ0v) is 27.9. The van der Waals surface area contributed by atoms with E-state index in [9.17, 15) is 14.7 Å². The number of thioether (sulfide) groups is 1. The van der Waals surface area contributed by atoms with Gasteiger partial charge in [0.1, 0.15) is 6.10 Å². The number of esters is 1. The van der Waals surface area contributed by atoms with Gasteiger partial charge in [0.2, 0.25) is 5.91 Å². The molecule has 0 aliphatic carbocycles. The van der Waals surface area contributed by atoms with Crippen LogP contribution < -0.4 is 10.1 Å². The van der Waals surface area contributed by atoms with E-state index < -0.39 is 0 Å². The number of carbonyl (C=O) groups excluding carboxylic acids is 2. The molecule has 1 atom stereocenters. The highest BCUT2D eigenvalue weighted by Crippen LogP contribution is 2.26. The van der Waals surface area contributed by atoms with Crippen molar-refractivity contribution in [2.24, 2.45) is 0 Å². The number of carbonyl (C=O) groups is 2. The number of phenolic OH excluding ortho intramolecular Hbond substituents is 1. The van der Waals surface area contributed by atoms with Crippen molar-refractivity contribution in [2.45, 2.75) is 116 Å². The van der Waals surface area contributed by atoms with Crippen LogP contribution in [0.5, 0.6) is 11.5 Å². The van der Waals surface area contributed by atoms with Gasteiger partial charge in [-0.15, -0.1) is 0 Å². The first-order valence-corrected chi connectivity index (χ1v) is 17.8. The molecule has 2 aromatic carbocycles. The first kappa shape index (κ1) is 37.3. The lowest BCUT2D eigenvalue weighted by atomic mass is 10.1. The van der Waals surface area contributed by atoms with Crippen molar-refractivity contribution in [3.63, 3.8) is 0 Å². The molecule has 44 heavy (non-hydrogen) atoms. The van der Waals surface area contributed by atoms with E-state index >= 15 is 0 Å². The van der Waals surface area contributed by atoms with E-state index in [-0.39, 0.29) is 23.7 Å². The molecule has 2 rings (SSSR count). The summed E-state index contributed by atoms with van der Waals surface area (Å²) in [5, 5.41) is 12.6. The maximum atomic E-state index is 12.5. The highest BCUT2D eigenvalue weighted by Gasteiger charge is 2.14. The highest BCUT2D eigenvalue weighted by molar-refractivity contribution is 7.99. The van der Waals surface area contributed by atoms with Gasteiger partial charge >= 0.3 is 5.97 Å². The van der Waals surface area contributed by atoms with Gasteiger partial charge in [0.25, 0.3) is 0 Å². The molecule has 6 nitrogen and oxygen atoms in total. The van der Waals surface area contributed by atoms with Crippen molar-refractivity contribution in [1.29, 1.82) is 0 Å². The van der Waals surface area contributed by atoms with Crippen LogP contribution in [0.4, 0.5) is 0 Å². The van der Waals surface area contributed by atoms with Crippen molar-refractivity contribution in [3.05, 3.63) is 71.8 Å². The van der Waals surface area contributed by atoms with E-state index in [4.69, 9.17) is 9.47 Å². The molecule has 2 aromatic rings. The Morgan fingerprint density at radius 1 is 0.886 bits per heavy atom. The van der Waals surface area contributed by atoms with Crippen LogP contribution in [0.1, 0.15) is 108 Å². The average Bonchev–Trinajstić information content (AvgIpc) is 3.03. The highest BCUT2D eigenvalue weighted by atomic mass is 32.2. The van der Waals surface area contributed by atoms with Crippen molar-refractivity contribution in [3.8, 4) is 11.5 Å². The third-order valence-corrected chi connectivity index (χ3v) is 8.62. The topological polar surface area (TPSA) is 84.9 Å². The molecule has 0 aliphatic heterocycles. The van der Waals surface area contributed by atoms with Crippen molar-refractivity contribution in [1.82, 2.24) is 5.32 Å². The van der Waals surface area contributed by atoms with Gasteiger partial charge in [-0.3, -0.25) is 9.59 Å². The van der Waals surface area contributed by atoms with E-state index in [1.54, 1.807) is 18.2 Å². The standard InChI is InChI=1S/C37H55NO5S/c1-3-4-5-16-21-33(43-37(41)29-31-19-14-13-15-20-31)22-17-11-9-7-6-8-10-12-18-26-44-27-25-36(40)38-30-32-23-24-34(39)35(28-32)42-2/h11,13-15,17,19-20,23-24,28,33,39H,3-10,12,16,18,21-22,25-27,29-30H2,1-2H3,(H,38,40)/b17-11-/t33-/m1/s1. The van der Waals surface area contributed by atoms with Gasteiger partial charge in [0, 0.05) is 25.1 Å². The molecule has 7 heteroatoms. The van der Waals surface area contributed by atoms with E-state index in [2.05, 4.69) is 24.4 Å². The predicted octanol–water partition coefficient (Wildman–Crippen LogP) is 8.94. The summed E-state index contributed by atoms with van der Waals surface area (Å²) >= 11 is 1.85. The molecule has 0 saturated heterocycles. The van der Waals surface area contributed by atoms with Gasteiger partial charge in [-0.1, -0.05) is 100 Å². The fourth-order valence-electron chi connectivity index (χ4n) is 4.94. The molecule has 244 valence electrons. The molecule has 0 bridgehead atoms. The fraction of sp³-hybridized carbons (Fsp3) is 0.568. The van der Waals surface area contributed by atoms with Crippen molar-refractivity contribution >= 4 is 23.6 Å². The quantitative estimate of drug-likeness (QED) is 0.0651. The Kier molecular flexibility index (Phi) is 20.7. The second kappa shape index (κ2) is 24.4. The number of phenols is 1. The number of nitrogens with one attached hydrogen (secondary N) is 1. The summed E-state index contributed by atoms with van der Waals surface area (Å²) in [6.07, 6.45) is 20.3. The van der Waals surface area contributed by atoms with Gasteiger partial charge in [-0.05, 0) is 61.1 Å². The average molecular weight is 626 g/mol. The molecular weight excluding hydrogens is 570 g/mol. The molecule has 0 radical (unpaired) electrons. The third kappa shape index (κ3) is 18.0. The maximum absolute atomic E-state index is 12.5. The van der Waals surface area contributed by atoms with Gasteiger partial charge < -0.3 is 19.9 Å². The van der Waals surface area contributed by atoms with Crippen LogP contribution in [0.3, 0.4) is 0 Å². The Hall–Kier alpha value is -2.93. The normalized spacial score (nSPS) is 11.9. The molecule has 0 aromatic heterocycles. The van der Waals surface area contributed by atoms with Gasteiger partial charge in [-0.25, -0.2) is 0 Å². The van der Waals surface area contributed by atoms with Crippen LogP contribution in [0.2, 0.25) is 0 Å². The van der Waals surface area contributed by atoms with E-state index in [1.165, 1.54) is 64.9 Å². The lowest BCUT2D eigenvalue weighted by Crippen LogP contribution is -2.23. The van der Waals surface area contributed by atoms with Crippen LogP contribution in [-0.2, 0) is 27.3 Å². The van der Waals surface area contributed by atoms with E-state index in [0.29, 0.717) is 25.1 Å². The number of hydrogen-bond donors (Lipinski definition) is 2. The number of amides is 1. The summed E-state index contributed by atoms with van der Waals surface area (Å²) in [4.78, 5) is 24.6. The van der Waals surface area contributed by atoms with Crippen LogP contribution >= 0.6 is 11.8 Å². The molecule has 0 aliphatic rings. The van der Waals surface area contributed by atoms with E-state index in [0.717, 1.165) is 48.3 Å². The zero-order chi connectivity index (χ0) is 31.7. The fourth-order valence-corrected chi connectivity index (χ4v) is 5.88. The second-order valence-corrected chi connectivity index (χ2v) is 12.6. The van der Waals surface area contributed by atoms with Crippen molar-refractivity contribution in [2.75, 3.05) is 18.6 Å². The molecule has 0 spiro atoms. The number of rotatable bonds is 25. The first-order valence-electron chi connectivity index (χ1n) is 16.6.